The van der Waals surface area contributed by atoms with Crippen molar-refractivity contribution >= 4 is 17.6 Å². The van der Waals surface area contributed by atoms with E-state index in [2.05, 4.69) is 9.84 Å². The van der Waals surface area contributed by atoms with Gasteiger partial charge in [-0.3, -0.25) is 4.79 Å². The van der Waals surface area contributed by atoms with Gasteiger partial charge in [0.15, 0.2) is 11.4 Å². The van der Waals surface area contributed by atoms with Crippen molar-refractivity contribution in [2.75, 3.05) is 7.11 Å². The lowest BCUT2D eigenvalue weighted by Crippen LogP contribution is -2.55. The largest absolute Gasteiger partial charge is 0.464 e. The van der Waals surface area contributed by atoms with Gasteiger partial charge in [-0.15, -0.1) is 0 Å². The number of carbonyl (C=O) groups is 2. The van der Waals surface area contributed by atoms with Crippen LogP contribution in [-0.2, 0) is 9.53 Å². The van der Waals surface area contributed by atoms with E-state index in [9.17, 15) is 14.7 Å². The molecule has 23 heavy (non-hydrogen) atoms. The number of aryl methyl sites for hydroxylation is 1. The Labute approximate surface area is 135 Å². The molecule has 124 valence electrons. The van der Waals surface area contributed by atoms with Gasteiger partial charge in [-0.25, -0.2) is 4.79 Å². The van der Waals surface area contributed by atoms with Crippen LogP contribution in [0.5, 0.6) is 0 Å². The van der Waals surface area contributed by atoms with Crippen molar-refractivity contribution in [1.29, 1.82) is 0 Å². The second kappa shape index (κ2) is 5.77. The van der Waals surface area contributed by atoms with Crippen LogP contribution >= 0.6 is 0 Å². The zero-order chi connectivity index (χ0) is 17.4. The maximum absolute atomic E-state index is 12.8. The average Bonchev–Trinajstić information content (AvgIpc) is 2.85. The monoisotopic (exact) mass is 318 g/mol. The molecule has 1 aliphatic rings. The van der Waals surface area contributed by atoms with Gasteiger partial charge in [0.2, 0.25) is 0 Å². The third kappa shape index (κ3) is 2.99. The van der Waals surface area contributed by atoms with Crippen molar-refractivity contribution in [2.24, 2.45) is 10.5 Å². The van der Waals surface area contributed by atoms with E-state index in [-0.39, 0.29) is 12.1 Å². The van der Waals surface area contributed by atoms with E-state index in [1.54, 1.807) is 32.9 Å². The van der Waals surface area contributed by atoms with Gasteiger partial charge in [-0.2, -0.15) is 10.1 Å². The first kappa shape index (κ1) is 17.1. The van der Waals surface area contributed by atoms with Crippen molar-refractivity contribution in [3.63, 3.8) is 0 Å². The molecular weight excluding hydrogens is 296 g/mol. The van der Waals surface area contributed by atoms with E-state index >= 15 is 0 Å². The Morgan fingerprint density at radius 2 is 1.83 bits per heavy atom. The maximum atomic E-state index is 12.8. The van der Waals surface area contributed by atoms with Crippen LogP contribution in [0.15, 0.2) is 29.4 Å². The van der Waals surface area contributed by atoms with E-state index in [1.807, 2.05) is 19.1 Å². The topological polar surface area (TPSA) is 79.2 Å². The van der Waals surface area contributed by atoms with Crippen LogP contribution in [-0.4, -0.2) is 40.5 Å². The number of benzene rings is 1. The molecule has 1 N–H and O–H groups in total. The van der Waals surface area contributed by atoms with Gasteiger partial charge in [0, 0.05) is 17.4 Å². The predicted molar refractivity (Wildman–Crippen MR) is 85.8 cm³/mol. The molecule has 1 aromatic rings. The van der Waals surface area contributed by atoms with E-state index < -0.39 is 23.0 Å². The van der Waals surface area contributed by atoms with Crippen molar-refractivity contribution in [3.05, 3.63) is 35.4 Å². The quantitative estimate of drug-likeness (QED) is 0.847. The fourth-order valence-corrected chi connectivity index (χ4v) is 2.39. The highest BCUT2D eigenvalue weighted by Gasteiger charge is 2.54. The Kier molecular flexibility index (Phi) is 4.30. The molecule has 1 aromatic carbocycles. The average molecular weight is 318 g/mol. The summed E-state index contributed by atoms with van der Waals surface area (Å²) in [5.74, 6) is -1.10. The van der Waals surface area contributed by atoms with Crippen molar-refractivity contribution in [2.45, 2.75) is 39.8 Å². The van der Waals surface area contributed by atoms with E-state index in [1.165, 1.54) is 7.11 Å². The zero-order valence-electron chi connectivity index (χ0n) is 14.1. The molecule has 0 spiro atoms. The van der Waals surface area contributed by atoms with Crippen LogP contribution in [0.3, 0.4) is 0 Å². The van der Waals surface area contributed by atoms with Gasteiger partial charge in [0.1, 0.15) is 0 Å². The Bertz CT molecular complexity index is 658. The predicted octanol–water partition coefficient (Wildman–Crippen LogP) is 2.10. The highest BCUT2D eigenvalue weighted by Crippen LogP contribution is 2.41. The van der Waals surface area contributed by atoms with Gasteiger partial charge >= 0.3 is 5.97 Å². The van der Waals surface area contributed by atoms with Crippen LogP contribution in [0.4, 0.5) is 0 Å². The Hall–Kier alpha value is -2.21. The number of carbonyl (C=O) groups excluding carboxylic acids is 2. The molecule has 0 radical (unpaired) electrons. The molecular formula is C17H22N2O4. The molecule has 2 rings (SSSR count). The molecule has 6 nitrogen and oxygen atoms in total. The Morgan fingerprint density at radius 3 is 2.30 bits per heavy atom. The second-order valence-corrected chi connectivity index (χ2v) is 6.76. The molecule has 1 heterocycles. The van der Waals surface area contributed by atoms with Crippen molar-refractivity contribution in [1.82, 2.24) is 5.01 Å². The summed E-state index contributed by atoms with van der Waals surface area (Å²) in [6.45, 7) is 7.29. The SMILES string of the molecule is COC(=O)C1=NN(C(=O)c2ccc(C)cc2)[C@@](O)(C(C)(C)C)C1. The summed E-state index contributed by atoms with van der Waals surface area (Å²) < 4.78 is 4.67. The van der Waals surface area contributed by atoms with Gasteiger partial charge < -0.3 is 9.84 Å². The van der Waals surface area contributed by atoms with Crippen molar-refractivity contribution in [3.8, 4) is 0 Å². The summed E-state index contributed by atoms with van der Waals surface area (Å²) in [5, 5.41) is 16.1. The van der Waals surface area contributed by atoms with Gasteiger partial charge in [-0.1, -0.05) is 38.5 Å². The summed E-state index contributed by atoms with van der Waals surface area (Å²) in [7, 11) is 1.24. The summed E-state index contributed by atoms with van der Waals surface area (Å²) in [6, 6.07) is 6.97. The number of aliphatic hydroxyl groups is 1. The molecule has 0 bridgehead atoms. The molecule has 1 amide bonds. The first-order chi connectivity index (χ1) is 10.6. The number of amides is 1. The van der Waals surface area contributed by atoms with Gasteiger partial charge in [0.05, 0.1) is 7.11 Å². The first-order valence-corrected chi connectivity index (χ1v) is 7.39. The van der Waals surface area contributed by atoms with E-state index in [4.69, 9.17) is 0 Å². The minimum absolute atomic E-state index is 0.0328. The molecule has 0 fully saturated rings. The third-order valence-corrected chi connectivity index (χ3v) is 4.10. The Balaban J connectivity index is 2.45. The number of hydrogen-bond acceptors (Lipinski definition) is 5. The van der Waals surface area contributed by atoms with Crippen LogP contribution in [0, 0.1) is 12.3 Å². The van der Waals surface area contributed by atoms with Crippen LogP contribution in [0.1, 0.15) is 43.1 Å². The summed E-state index contributed by atoms with van der Waals surface area (Å²) in [4.78, 5) is 24.6. The second-order valence-electron chi connectivity index (χ2n) is 6.76. The molecule has 6 heteroatoms. The number of rotatable bonds is 2. The summed E-state index contributed by atoms with van der Waals surface area (Å²) >= 11 is 0. The first-order valence-electron chi connectivity index (χ1n) is 7.39. The molecule has 1 aliphatic heterocycles. The van der Waals surface area contributed by atoms with Crippen molar-refractivity contribution < 1.29 is 19.4 Å². The normalized spacial score (nSPS) is 21.1. The van der Waals surface area contributed by atoms with E-state index in [0.717, 1.165) is 10.6 Å². The van der Waals surface area contributed by atoms with E-state index in [0.29, 0.717) is 5.56 Å². The molecule has 0 aromatic heterocycles. The smallest absolute Gasteiger partial charge is 0.354 e. The van der Waals surface area contributed by atoms with Gasteiger partial charge in [-0.05, 0) is 19.1 Å². The summed E-state index contributed by atoms with van der Waals surface area (Å²) in [5.41, 5.74) is -0.850. The fraction of sp³-hybridized carbons (Fsp3) is 0.471. The third-order valence-electron chi connectivity index (χ3n) is 4.10. The lowest BCUT2D eigenvalue weighted by Gasteiger charge is -2.41. The lowest BCUT2D eigenvalue weighted by atomic mass is 9.80. The minimum atomic E-state index is -1.60. The summed E-state index contributed by atoms with van der Waals surface area (Å²) in [6.07, 6.45) is -0.0687. The van der Waals surface area contributed by atoms with Crippen LogP contribution < -0.4 is 0 Å². The highest BCUT2D eigenvalue weighted by molar-refractivity contribution is 6.37. The molecule has 0 saturated heterocycles. The highest BCUT2D eigenvalue weighted by atomic mass is 16.5. The van der Waals surface area contributed by atoms with Crippen LogP contribution in [0.25, 0.3) is 0 Å². The standard InChI is InChI=1S/C17H22N2O4/c1-11-6-8-12(9-7-11)14(20)19-17(22,16(2,3)4)10-13(18-19)15(21)23-5/h6-9,22H,10H2,1-5H3/t17-/m0/s1. The maximum Gasteiger partial charge on any atom is 0.354 e. The number of ether oxygens (including phenoxy) is 1. The fourth-order valence-electron chi connectivity index (χ4n) is 2.39. The number of methoxy groups -OCH3 is 1. The number of nitrogens with zero attached hydrogens (tertiary/aromatic N) is 2. The number of hydrazone groups is 1. The number of hydrogen-bond donors (Lipinski definition) is 1. The Morgan fingerprint density at radius 1 is 1.26 bits per heavy atom. The number of esters is 1. The molecule has 0 unspecified atom stereocenters. The van der Waals surface area contributed by atoms with Gasteiger partial charge in [0.25, 0.3) is 5.91 Å². The zero-order valence-corrected chi connectivity index (χ0v) is 14.1. The molecule has 1 atom stereocenters. The molecule has 0 aliphatic carbocycles. The lowest BCUT2D eigenvalue weighted by molar-refractivity contribution is -0.144. The molecule has 0 saturated carbocycles. The van der Waals surface area contributed by atoms with Crippen LogP contribution in [0.2, 0.25) is 0 Å². The minimum Gasteiger partial charge on any atom is -0.464 e.